The number of hydrogen-bond acceptors (Lipinski definition) is 5. The van der Waals surface area contributed by atoms with Crippen molar-refractivity contribution in [3.63, 3.8) is 0 Å². The maximum Gasteiger partial charge on any atom is 0.345 e. The lowest BCUT2D eigenvalue weighted by atomic mass is 10.1. The Bertz CT molecular complexity index is 873. The fourth-order valence-corrected chi connectivity index (χ4v) is 2.71. The highest BCUT2D eigenvalue weighted by Crippen LogP contribution is 2.36. The summed E-state index contributed by atoms with van der Waals surface area (Å²) in [6.07, 6.45) is 9.83. The molecule has 0 amide bonds. The number of nitrogens with zero attached hydrogens (tertiary/aromatic N) is 4. The number of anilines is 1. The number of alkyl halides is 2. The fraction of sp³-hybridized carbons (Fsp3) is 0.438. The summed E-state index contributed by atoms with van der Waals surface area (Å²) in [5.41, 5.74) is 2.68. The van der Waals surface area contributed by atoms with Gasteiger partial charge in [-0.1, -0.05) is 0 Å². The van der Waals surface area contributed by atoms with Crippen molar-refractivity contribution < 1.29 is 13.5 Å². The van der Waals surface area contributed by atoms with E-state index in [4.69, 9.17) is 0 Å². The molecule has 3 heterocycles. The monoisotopic (exact) mass is 348 g/mol. The van der Waals surface area contributed by atoms with Gasteiger partial charge in [0.05, 0.1) is 18.8 Å². The van der Waals surface area contributed by atoms with Crippen molar-refractivity contribution in [2.75, 3.05) is 11.9 Å². The molecule has 9 heteroatoms. The van der Waals surface area contributed by atoms with Crippen LogP contribution in [0.5, 0.6) is 0 Å². The molecule has 1 atom stereocenters. The second kappa shape index (κ2) is 6.40. The van der Waals surface area contributed by atoms with Crippen molar-refractivity contribution in [3.05, 3.63) is 24.8 Å². The van der Waals surface area contributed by atoms with Crippen molar-refractivity contribution in [2.24, 2.45) is 0 Å². The van der Waals surface area contributed by atoms with Crippen LogP contribution >= 0.6 is 0 Å². The second-order valence-electron chi connectivity index (χ2n) is 6.24. The Morgan fingerprint density at radius 1 is 1.40 bits per heavy atom. The molecule has 2 N–H and O–H groups in total. The van der Waals surface area contributed by atoms with Crippen LogP contribution < -0.4 is 5.32 Å². The van der Waals surface area contributed by atoms with E-state index >= 15 is 0 Å². The molecule has 7 nitrogen and oxygen atoms in total. The highest BCUT2D eigenvalue weighted by molar-refractivity contribution is 5.93. The van der Waals surface area contributed by atoms with Gasteiger partial charge < -0.3 is 15.0 Å². The largest absolute Gasteiger partial charge is 0.349 e. The summed E-state index contributed by atoms with van der Waals surface area (Å²) in [5, 5.41) is 8.24. The molecule has 0 aliphatic heterocycles. The summed E-state index contributed by atoms with van der Waals surface area (Å²) in [7, 11) is 0. The minimum atomic E-state index is -2.78. The van der Waals surface area contributed by atoms with Gasteiger partial charge in [0.2, 0.25) is 5.95 Å². The zero-order valence-electron chi connectivity index (χ0n) is 13.6. The first-order valence-electron chi connectivity index (χ1n) is 8.15. The number of H-pyrrole nitrogens is 1. The van der Waals surface area contributed by atoms with Gasteiger partial charge >= 0.3 is 6.61 Å². The highest BCUT2D eigenvalue weighted by Gasteiger charge is 2.24. The number of aromatic nitrogens is 5. The van der Waals surface area contributed by atoms with Crippen molar-refractivity contribution in [3.8, 4) is 11.1 Å². The third-order valence-corrected chi connectivity index (χ3v) is 4.11. The van der Waals surface area contributed by atoms with Crippen LogP contribution in [0.4, 0.5) is 14.7 Å². The van der Waals surface area contributed by atoms with E-state index in [-0.39, 0.29) is 12.6 Å². The van der Waals surface area contributed by atoms with E-state index < -0.39 is 6.61 Å². The summed E-state index contributed by atoms with van der Waals surface area (Å²) in [6, 6.07) is 0.195. The zero-order valence-corrected chi connectivity index (χ0v) is 13.6. The van der Waals surface area contributed by atoms with Gasteiger partial charge in [0.1, 0.15) is 5.65 Å². The first-order valence-corrected chi connectivity index (χ1v) is 8.15. The van der Waals surface area contributed by atoms with Gasteiger partial charge in [0, 0.05) is 41.1 Å². The highest BCUT2D eigenvalue weighted by atomic mass is 19.3. The number of halogens is 2. The number of rotatable bonds is 7. The van der Waals surface area contributed by atoms with Gasteiger partial charge in [-0.05, 0) is 19.8 Å². The van der Waals surface area contributed by atoms with Crippen molar-refractivity contribution in [1.82, 2.24) is 24.7 Å². The molecule has 0 saturated heterocycles. The molecule has 4 rings (SSSR count). The molecule has 1 aliphatic rings. The zero-order chi connectivity index (χ0) is 17.4. The molecule has 132 valence electrons. The lowest BCUT2D eigenvalue weighted by Gasteiger charge is -2.13. The summed E-state index contributed by atoms with van der Waals surface area (Å²) in [5.74, 6) is 0.361. The van der Waals surface area contributed by atoms with Crippen LogP contribution in [0, 0.1) is 0 Å². The molecular formula is C16H18F2N6O. The maximum absolute atomic E-state index is 12.1. The molecule has 0 unspecified atom stereocenters. The van der Waals surface area contributed by atoms with Crippen molar-refractivity contribution in [2.45, 2.75) is 38.5 Å². The van der Waals surface area contributed by atoms with Gasteiger partial charge in [0.25, 0.3) is 0 Å². The normalized spacial score (nSPS) is 15.8. The molecule has 1 saturated carbocycles. The van der Waals surface area contributed by atoms with Gasteiger partial charge in [0.15, 0.2) is 0 Å². The number of ether oxygens (including phenoxy) is 1. The number of aromatic amines is 1. The van der Waals surface area contributed by atoms with Gasteiger partial charge in [-0.3, -0.25) is 4.68 Å². The molecule has 0 spiro atoms. The summed E-state index contributed by atoms with van der Waals surface area (Å²) >= 11 is 0. The predicted molar refractivity (Wildman–Crippen MR) is 88.4 cm³/mol. The quantitative estimate of drug-likeness (QED) is 0.685. The number of hydrogen-bond donors (Lipinski definition) is 2. The Balaban J connectivity index is 1.52. The van der Waals surface area contributed by atoms with Gasteiger partial charge in [-0.25, -0.2) is 4.98 Å². The standard InChI is InChI=1S/C16H18F2N6O/c1-9(8-25-15(17)18)22-16-20-6-13-12(5-19-14(13)23-16)10-4-21-24(7-10)11-2-3-11/h4-7,9,11,15H,2-3,8H2,1H3,(H2,19,20,22,23)/t9-/m0/s1. The Labute approximate surface area is 142 Å². The lowest BCUT2D eigenvalue weighted by Crippen LogP contribution is -2.24. The Hall–Kier alpha value is -2.55. The van der Waals surface area contributed by atoms with Crippen LogP contribution in [0.3, 0.4) is 0 Å². The van der Waals surface area contributed by atoms with Crippen LogP contribution in [0.1, 0.15) is 25.8 Å². The van der Waals surface area contributed by atoms with E-state index in [2.05, 4.69) is 30.1 Å². The van der Waals surface area contributed by atoms with Crippen LogP contribution in [0.15, 0.2) is 24.8 Å². The predicted octanol–water partition coefficient (Wildman–Crippen LogP) is 3.20. The molecule has 0 radical (unpaired) electrons. The van der Waals surface area contributed by atoms with Crippen LogP contribution in [-0.2, 0) is 4.74 Å². The van der Waals surface area contributed by atoms with E-state index in [0.717, 1.165) is 16.5 Å². The molecule has 3 aromatic rings. The lowest BCUT2D eigenvalue weighted by molar-refractivity contribution is -0.130. The molecule has 1 fully saturated rings. The van der Waals surface area contributed by atoms with Crippen molar-refractivity contribution in [1.29, 1.82) is 0 Å². The Morgan fingerprint density at radius 3 is 3.00 bits per heavy atom. The average molecular weight is 348 g/mol. The Kier molecular flexibility index (Phi) is 4.08. The average Bonchev–Trinajstić information content (AvgIpc) is 3.17. The molecule has 0 bridgehead atoms. The third-order valence-electron chi connectivity index (χ3n) is 4.11. The first kappa shape index (κ1) is 15.9. The van der Waals surface area contributed by atoms with Crippen LogP contribution in [0.2, 0.25) is 0 Å². The topological polar surface area (TPSA) is 80.6 Å². The summed E-state index contributed by atoms with van der Waals surface area (Å²) in [6.45, 7) is -1.19. The minimum absolute atomic E-state index is 0.130. The minimum Gasteiger partial charge on any atom is -0.349 e. The first-order chi connectivity index (χ1) is 12.1. The molecule has 1 aliphatic carbocycles. The maximum atomic E-state index is 12.1. The molecular weight excluding hydrogens is 330 g/mol. The van der Waals surface area contributed by atoms with Gasteiger partial charge in [-0.15, -0.1) is 0 Å². The third kappa shape index (κ3) is 3.46. The SMILES string of the molecule is C[C@@H](COC(F)F)Nc1ncc2c(-c3cnn(C4CC4)c3)c[nH]c2n1. The summed E-state index contributed by atoms with van der Waals surface area (Å²) < 4.78 is 30.4. The number of nitrogens with one attached hydrogen (secondary N) is 2. The van der Waals surface area contributed by atoms with E-state index in [9.17, 15) is 8.78 Å². The molecule has 3 aromatic heterocycles. The summed E-state index contributed by atoms with van der Waals surface area (Å²) in [4.78, 5) is 11.8. The van der Waals surface area contributed by atoms with Crippen LogP contribution in [0.25, 0.3) is 22.2 Å². The van der Waals surface area contributed by atoms with Gasteiger partial charge in [-0.2, -0.15) is 18.9 Å². The van der Waals surface area contributed by atoms with E-state index in [1.807, 2.05) is 23.3 Å². The van der Waals surface area contributed by atoms with Crippen molar-refractivity contribution >= 4 is 17.0 Å². The second-order valence-corrected chi connectivity index (χ2v) is 6.24. The van der Waals surface area contributed by atoms with E-state index in [1.54, 1.807) is 13.1 Å². The molecule has 0 aromatic carbocycles. The smallest absolute Gasteiger partial charge is 0.345 e. The van der Waals surface area contributed by atoms with E-state index in [1.165, 1.54) is 12.8 Å². The van der Waals surface area contributed by atoms with Crippen LogP contribution in [-0.4, -0.2) is 44.0 Å². The fourth-order valence-electron chi connectivity index (χ4n) is 2.71. The number of fused-ring (bicyclic) bond motifs is 1. The Morgan fingerprint density at radius 2 is 2.24 bits per heavy atom. The molecule has 25 heavy (non-hydrogen) atoms. The van der Waals surface area contributed by atoms with E-state index in [0.29, 0.717) is 17.6 Å².